The molecule has 1 saturated carbocycles. The highest BCUT2D eigenvalue weighted by atomic mass is 19.2. The molecule has 1 aromatic rings. The zero-order valence-corrected chi connectivity index (χ0v) is 10.5. The molecule has 1 aromatic carbocycles. The van der Waals surface area contributed by atoms with Crippen molar-refractivity contribution in [1.82, 2.24) is 5.32 Å². The predicted molar refractivity (Wildman–Crippen MR) is 67.2 cm³/mol. The number of carbonyl (C=O) groups is 1. The van der Waals surface area contributed by atoms with Gasteiger partial charge in [0.25, 0.3) is 5.69 Å². The number of halogens is 2. The van der Waals surface area contributed by atoms with Gasteiger partial charge in [0.2, 0.25) is 5.91 Å². The van der Waals surface area contributed by atoms with Crippen molar-refractivity contribution in [2.45, 2.75) is 12.8 Å². The third-order valence-corrected chi connectivity index (χ3v) is 2.94. The van der Waals surface area contributed by atoms with Crippen LogP contribution in [-0.4, -0.2) is 23.9 Å². The molecule has 1 aliphatic rings. The Kier molecular flexibility index (Phi) is 4.11. The Morgan fingerprint density at radius 2 is 2.05 bits per heavy atom. The smallest absolute Gasteiger partial charge is 0.295 e. The Bertz CT molecular complexity index is 547. The Hall–Kier alpha value is -2.25. The number of rotatable bonds is 6. The summed E-state index contributed by atoms with van der Waals surface area (Å²) in [5.74, 6) is -2.50. The van der Waals surface area contributed by atoms with Crippen molar-refractivity contribution in [2.24, 2.45) is 5.92 Å². The molecule has 0 spiro atoms. The largest absolute Gasteiger partial charge is 0.375 e. The van der Waals surface area contributed by atoms with Crippen LogP contribution in [0.2, 0.25) is 0 Å². The topological polar surface area (TPSA) is 84.3 Å². The maximum absolute atomic E-state index is 13.5. The SMILES string of the molecule is O=C(NCCNc1c([N+](=O)[O-])ccc(F)c1F)C1CC1. The van der Waals surface area contributed by atoms with Gasteiger partial charge in [-0.2, -0.15) is 0 Å². The van der Waals surface area contributed by atoms with Gasteiger partial charge in [-0.3, -0.25) is 14.9 Å². The number of nitro benzene ring substituents is 1. The summed E-state index contributed by atoms with van der Waals surface area (Å²) in [6.07, 6.45) is 1.73. The van der Waals surface area contributed by atoms with Crippen molar-refractivity contribution >= 4 is 17.3 Å². The molecule has 0 atom stereocenters. The summed E-state index contributed by atoms with van der Waals surface area (Å²) in [7, 11) is 0. The normalized spacial score (nSPS) is 13.9. The van der Waals surface area contributed by atoms with Crippen LogP contribution in [0, 0.1) is 27.7 Å². The van der Waals surface area contributed by atoms with Gasteiger partial charge in [-0.25, -0.2) is 8.78 Å². The molecule has 0 aromatic heterocycles. The summed E-state index contributed by atoms with van der Waals surface area (Å²) in [6, 6.07) is 1.59. The first-order chi connectivity index (χ1) is 9.50. The van der Waals surface area contributed by atoms with Gasteiger partial charge in [-0.15, -0.1) is 0 Å². The number of benzene rings is 1. The van der Waals surface area contributed by atoms with E-state index in [0.29, 0.717) is 6.07 Å². The second kappa shape index (κ2) is 5.81. The quantitative estimate of drug-likeness (QED) is 0.474. The molecule has 1 aliphatic carbocycles. The number of hydrogen-bond acceptors (Lipinski definition) is 4. The van der Waals surface area contributed by atoms with Crippen molar-refractivity contribution < 1.29 is 18.5 Å². The second-order valence-electron chi connectivity index (χ2n) is 4.50. The van der Waals surface area contributed by atoms with Gasteiger partial charge in [-0.05, 0) is 18.9 Å². The summed E-state index contributed by atoms with van der Waals surface area (Å²) in [5, 5.41) is 15.8. The molecule has 6 nitrogen and oxygen atoms in total. The lowest BCUT2D eigenvalue weighted by Gasteiger charge is -2.09. The minimum Gasteiger partial charge on any atom is -0.375 e. The van der Waals surface area contributed by atoms with Gasteiger partial charge in [0.05, 0.1) is 4.92 Å². The average molecular weight is 285 g/mol. The summed E-state index contributed by atoms with van der Waals surface area (Å²) >= 11 is 0. The molecule has 2 N–H and O–H groups in total. The third-order valence-electron chi connectivity index (χ3n) is 2.94. The number of carbonyl (C=O) groups excluding carboxylic acids is 1. The van der Waals surface area contributed by atoms with Crippen LogP contribution in [0.4, 0.5) is 20.2 Å². The number of nitrogens with one attached hydrogen (secondary N) is 2. The van der Waals surface area contributed by atoms with Crippen molar-refractivity contribution in [3.8, 4) is 0 Å². The van der Waals surface area contributed by atoms with Crippen LogP contribution in [0.25, 0.3) is 0 Å². The Labute approximate surface area is 113 Å². The highest BCUT2D eigenvalue weighted by Gasteiger charge is 2.29. The van der Waals surface area contributed by atoms with Gasteiger partial charge in [-0.1, -0.05) is 0 Å². The summed E-state index contributed by atoms with van der Waals surface area (Å²) in [5.41, 5.74) is -1.05. The van der Waals surface area contributed by atoms with Crippen LogP contribution in [0.5, 0.6) is 0 Å². The first-order valence-electron chi connectivity index (χ1n) is 6.14. The van der Waals surface area contributed by atoms with Crippen LogP contribution < -0.4 is 10.6 Å². The first kappa shape index (κ1) is 14.2. The van der Waals surface area contributed by atoms with Gasteiger partial charge in [0.15, 0.2) is 17.3 Å². The number of hydrogen-bond donors (Lipinski definition) is 2. The minimum absolute atomic E-state index is 0.0511. The standard InChI is InChI=1S/C12H13F2N3O3/c13-8-3-4-9(17(19)20)11(10(8)14)15-5-6-16-12(18)7-1-2-7/h3-4,7,15H,1-2,5-6H2,(H,16,18). The molecule has 8 heteroatoms. The molecule has 0 radical (unpaired) electrons. The van der Waals surface area contributed by atoms with Gasteiger partial charge >= 0.3 is 0 Å². The fourth-order valence-electron chi connectivity index (χ4n) is 1.72. The summed E-state index contributed by atoms with van der Waals surface area (Å²) in [6.45, 7) is 0.252. The molecule has 0 unspecified atom stereocenters. The van der Waals surface area contributed by atoms with Crippen LogP contribution >= 0.6 is 0 Å². The van der Waals surface area contributed by atoms with E-state index in [1.807, 2.05) is 0 Å². The van der Waals surface area contributed by atoms with E-state index in [0.717, 1.165) is 18.9 Å². The van der Waals surface area contributed by atoms with Crippen molar-refractivity contribution in [2.75, 3.05) is 18.4 Å². The maximum atomic E-state index is 13.5. The van der Waals surface area contributed by atoms with Crippen LogP contribution in [0.15, 0.2) is 12.1 Å². The first-order valence-corrected chi connectivity index (χ1v) is 6.14. The van der Waals surface area contributed by atoms with Crippen molar-refractivity contribution in [1.29, 1.82) is 0 Å². The zero-order chi connectivity index (χ0) is 14.7. The predicted octanol–water partition coefficient (Wildman–Crippen LogP) is 1.81. The van der Waals surface area contributed by atoms with E-state index in [1.54, 1.807) is 0 Å². The van der Waals surface area contributed by atoms with Crippen LogP contribution in [0.1, 0.15) is 12.8 Å². The fraction of sp³-hybridized carbons (Fsp3) is 0.417. The van der Waals surface area contributed by atoms with Crippen LogP contribution in [0.3, 0.4) is 0 Å². The van der Waals surface area contributed by atoms with Crippen molar-refractivity contribution in [3.63, 3.8) is 0 Å². The fourth-order valence-corrected chi connectivity index (χ4v) is 1.72. The van der Waals surface area contributed by atoms with Crippen LogP contribution in [-0.2, 0) is 4.79 Å². The Morgan fingerprint density at radius 3 is 2.65 bits per heavy atom. The monoisotopic (exact) mass is 285 g/mol. The minimum atomic E-state index is -1.30. The third kappa shape index (κ3) is 3.19. The highest BCUT2D eigenvalue weighted by molar-refractivity contribution is 5.80. The Balaban J connectivity index is 1.95. The summed E-state index contributed by atoms with van der Waals surface area (Å²) < 4.78 is 26.6. The second-order valence-corrected chi connectivity index (χ2v) is 4.50. The molecule has 2 rings (SSSR count). The lowest BCUT2D eigenvalue weighted by Crippen LogP contribution is -2.30. The lowest BCUT2D eigenvalue weighted by molar-refractivity contribution is -0.384. The van der Waals surface area contributed by atoms with Crippen molar-refractivity contribution in [3.05, 3.63) is 33.9 Å². The van der Waals surface area contributed by atoms with Gasteiger partial charge in [0, 0.05) is 25.1 Å². The van der Waals surface area contributed by atoms with Gasteiger partial charge in [0.1, 0.15) is 0 Å². The average Bonchev–Trinajstić information content (AvgIpc) is 3.22. The van der Waals surface area contributed by atoms with E-state index in [2.05, 4.69) is 10.6 Å². The molecule has 0 bridgehead atoms. The van der Waals surface area contributed by atoms with E-state index >= 15 is 0 Å². The van der Waals surface area contributed by atoms with E-state index in [-0.39, 0.29) is 24.9 Å². The molecule has 1 fully saturated rings. The molecular formula is C12H13F2N3O3. The molecule has 0 aliphatic heterocycles. The number of nitrogens with zero attached hydrogens (tertiary/aromatic N) is 1. The molecule has 0 heterocycles. The lowest BCUT2D eigenvalue weighted by atomic mass is 10.2. The summed E-state index contributed by atoms with van der Waals surface area (Å²) in [4.78, 5) is 21.3. The molecule has 20 heavy (non-hydrogen) atoms. The molecule has 108 valence electrons. The molecular weight excluding hydrogens is 272 g/mol. The van der Waals surface area contributed by atoms with Gasteiger partial charge < -0.3 is 10.6 Å². The van der Waals surface area contributed by atoms with E-state index in [4.69, 9.17) is 0 Å². The maximum Gasteiger partial charge on any atom is 0.295 e. The van der Waals surface area contributed by atoms with E-state index in [9.17, 15) is 23.7 Å². The molecule has 0 saturated heterocycles. The molecule has 1 amide bonds. The Morgan fingerprint density at radius 1 is 1.35 bits per heavy atom. The zero-order valence-electron chi connectivity index (χ0n) is 10.5. The number of amides is 1. The van der Waals surface area contributed by atoms with E-state index < -0.39 is 27.9 Å². The highest BCUT2D eigenvalue weighted by Crippen LogP contribution is 2.29. The van der Waals surface area contributed by atoms with E-state index in [1.165, 1.54) is 0 Å². The number of anilines is 1. The number of nitro groups is 1.